The van der Waals surface area contributed by atoms with Crippen molar-refractivity contribution in [1.29, 1.82) is 0 Å². The van der Waals surface area contributed by atoms with E-state index in [1.807, 2.05) is 12.2 Å². The van der Waals surface area contributed by atoms with Crippen LogP contribution in [0.2, 0.25) is 0 Å². The molecule has 0 saturated heterocycles. The number of phosphoric acid groups is 2. The number of aliphatic hydroxyl groups excluding tert-OH is 1. The molecule has 0 heterocycles. The summed E-state index contributed by atoms with van der Waals surface area (Å²) >= 11 is 0. The fourth-order valence-electron chi connectivity index (χ4n) is 12.3. The molecule has 5 atom stereocenters. The van der Waals surface area contributed by atoms with Crippen LogP contribution in [0.5, 0.6) is 0 Å². The lowest BCUT2D eigenvalue weighted by molar-refractivity contribution is -0.161. The number of esters is 4. The average Bonchev–Trinajstić information content (AvgIpc) is 0.902. The van der Waals surface area contributed by atoms with Crippen LogP contribution in [0.25, 0.3) is 0 Å². The molecular formula is C87H160O17P2. The van der Waals surface area contributed by atoms with Crippen LogP contribution in [0, 0.1) is 0 Å². The summed E-state index contributed by atoms with van der Waals surface area (Å²) in [6.45, 7) is 4.89. The van der Waals surface area contributed by atoms with Crippen LogP contribution in [0.4, 0.5) is 0 Å². The smallest absolute Gasteiger partial charge is 0.462 e. The Morgan fingerprint density at radius 2 is 0.472 bits per heavy atom. The minimum absolute atomic E-state index is 0.0217. The molecule has 19 heteroatoms. The van der Waals surface area contributed by atoms with Gasteiger partial charge in [0.15, 0.2) is 12.2 Å². The van der Waals surface area contributed by atoms with Crippen LogP contribution in [-0.2, 0) is 65.4 Å². The number of hydrogen-bond donors (Lipinski definition) is 3. The van der Waals surface area contributed by atoms with Gasteiger partial charge in [0.1, 0.15) is 19.3 Å². The van der Waals surface area contributed by atoms with Gasteiger partial charge in [-0.05, 0) is 89.9 Å². The van der Waals surface area contributed by atoms with Crippen molar-refractivity contribution in [2.75, 3.05) is 39.6 Å². The Hall–Kier alpha value is -3.24. The summed E-state index contributed by atoms with van der Waals surface area (Å²) in [6, 6.07) is 0. The first-order chi connectivity index (χ1) is 51.7. The standard InChI is InChI=1S/C87H160O17P2/c1-5-9-13-17-21-25-29-33-37-40-44-48-52-56-60-64-68-72-85(90)98-78-83(104-87(92)74-70-66-62-58-54-50-46-42-39-35-31-27-23-19-15-11-7-3)80-102-106(95,96)100-76-81(88)75-99-105(93,94)101-79-82(77-97-84(89)71-67-63-59-55-51-47-43-36-32-28-24-20-16-12-8-4)103-86(91)73-69-65-61-57-53-49-45-41-38-34-30-26-22-18-14-10-6-2/h22,26,34,36,38,43,45,49,57,61,81-83,88H,5-21,23-25,27-33,35,37,39-42,44,46-48,50-56,58-60,62-80H2,1-4H3,(H,93,94)(H,95,96)/b26-22-,38-34-,43-36-,49-45-,61-57-/t81-,82-,83-/m1/s1. The Morgan fingerprint density at radius 3 is 0.774 bits per heavy atom. The highest BCUT2D eigenvalue weighted by Gasteiger charge is 2.30. The molecule has 0 amide bonds. The summed E-state index contributed by atoms with van der Waals surface area (Å²) in [6.07, 6.45) is 81.9. The maximum atomic E-state index is 13.1. The van der Waals surface area contributed by atoms with E-state index in [1.165, 1.54) is 218 Å². The third-order valence-electron chi connectivity index (χ3n) is 19.0. The third-order valence-corrected chi connectivity index (χ3v) is 20.9. The number of unbranched alkanes of at least 4 members (excludes halogenated alkanes) is 47. The second-order valence-electron chi connectivity index (χ2n) is 29.5. The lowest BCUT2D eigenvalue weighted by Crippen LogP contribution is -2.30. The highest BCUT2D eigenvalue weighted by Crippen LogP contribution is 2.45. The van der Waals surface area contributed by atoms with Crippen molar-refractivity contribution in [3.63, 3.8) is 0 Å². The van der Waals surface area contributed by atoms with Crippen molar-refractivity contribution in [2.45, 2.75) is 431 Å². The van der Waals surface area contributed by atoms with Gasteiger partial charge in [-0.15, -0.1) is 0 Å². The summed E-state index contributed by atoms with van der Waals surface area (Å²) in [5.74, 6) is -2.20. The molecule has 0 radical (unpaired) electrons. The van der Waals surface area contributed by atoms with Gasteiger partial charge in [-0.1, -0.05) is 358 Å². The first kappa shape index (κ1) is 103. The minimum atomic E-state index is -4.99. The molecule has 0 fully saturated rings. The van der Waals surface area contributed by atoms with E-state index in [4.69, 9.17) is 37.0 Å². The highest BCUT2D eigenvalue weighted by molar-refractivity contribution is 7.47. The molecule has 0 aromatic carbocycles. The van der Waals surface area contributed by atoms with Gasteiger partial charge < -0.3 is 33.8 Å². The molecule has 0 aliphatic carbocycles. The van der Waals surface area contributed by atoms with Gasteiger partial charge in [0.2, 0.25) is 0 Å². The molecule has 0 spiro atoms. The number of hydrogen-bond acceptors (Lipinski definition) is 15. The number of aliphatic hydroxyl groups is 1. The topological polar surface area (TPSA) is 237 Å². The SMILES string of the molecule is CCCCC/C=C\C/C=C\C/C=C\C/C=C\CCCC(=O)O[C@H](COC(=O)CCCCCCC/C=C\CCCCCCCC)COP(=O)(O)OC[C@@H](O)COP(=O)(O)OC[C@@H](COC(=O)CCCCCCCCCCCCCCCCCCC)OC(=O)CCCCCCCCCCCCCCCCCCC. The molecule has 620 valence electrons. The van der Waals surface area contributed by atoms with Gasteiger partial charge in [-0.3, -0.25) is 37.3 Å². The zero-order chi connectivity index (χ0) is 77.4. The fourth-order valence-corrected chi connectivity index (χ4v) is 13.9. The van der Waals surface area contributed by atoms with Crippen molar-refractivity contribution in [1.82, 2.24) is 0 Å². The van der Waals surface area contributed by atoms with E-state index < -0.39 is 97.5 Å². The first-order valence-electron chi connectivity index (χ1n) is 43.5. The Balaban J connectivity index is 5.37. The Morgan fingerprint density at radius 1 is 0.264 bits per heavy atom. The zero-order valence-electron chi connectivity index (χ0n) is 68.1. The van der Waals surface area contributed by atoms with Crippen molar-refractivity contribution in [3.8, 4) is 0 Å². The van der Waals surface area contributed by atoms with E-state index in [2.05, 4.69) is 76.3 Å². The summed E-state index contributed by atoms with van der Waals surface area (Å²) in [5.41, 5.74) is 0. The molecular weight excluding hydrogens is 1380 g/mol. The normalized spacial score (nSPS) is 14.1. The highest BCUT2D eigenvalue weighted by atomic mass is 31.2. The van der Waals surface area contributed by atoms with Crippen LogP contribution in [0.1, 0.15) is 413 Å². The predicted octanol–water partition coefficient (Wildman–Crippen LogP) is 25.8. The second-order valence-corrected chi connectivity index (χ2v) is 32.4. The third kappa shape index (κ3) is 78.9. The van der Waals surface area contributed by atoms with Crippen LogP contribution in [-0.4, -0.2) is 96.7 Å². The van der Waals surface area contributed by atoms with Crippen molar-refractivity contribution in [3.05, 3.63) is 60.8 Å². The molecule has 2 unspecified atom stereocenters. The zero-order valence-corrected chi connectivity index (χ0v) is 69.9. The molecule has 0 aromatic heterocycles. The number of carbonyl (C=O) groups excluding carboxylic acids is 4. The van der Waals surface area contributed by atoms with Crippen LogP contribution >= 0.6 is 15.6 Å². The quantitative estimate of drug-likeness (QED) is 0.0169. The summed E-state index contributed by atoms with van der Waals surface area (Å²) in [5, 5.41) is 10.7. The molecule has 3 N–H and O–H groups in total. The Kier molecular flexibility index (Phi) is 77.4. The monoisotopic (exact) mass is 1540 g/mol. The van der Waals surface area contributed by atoms with E-state index in [1.54, 1.807) is 0 Å². The lowest BCUT2D eigenvalue weighted by Gasteiger charge is -2.21. The molecule has 0 saturated carbocycles. The molecule has 17 nitrogen and oxygen atoms in total. The lowest BCUT2D eigenvalue weighted by atomic mass is 10.0. The Labute approximate surface area is 648 Å². The maximum Gasteiger partial charge on any atom is 0.472 e. The number of ether oxygens (including phenoxy) is 4. The first-order valence-corrected chi connectivity index (χ1v) is 46.5. The van der Waals surface area contributed by atoms with Crippen LogP contribution in [0.3, 0.4) is 0 Å². The second kappa shape index (κ2) is 79.8. The van der Waals surface area contributed by atoms with Gasteiger partial charge >= 0.3 is 39.5 Å². The predicted molar refractivity (Wildman–Crippen MR) is 437 cm³/mol. The Bertz CT molecular complexity index is 2240. The number of rotatable bonds is 83. The van der Waals surface area contributed by atoms with Gasteiger partial charge in [0, 0.05) is 25.7 Å². The van der Waals surface area contributed by atoms with Crippen LogP contribution < -0.4 is 0 Å². The van der Waals surface area contributed by atoms with E-state index in [0.29, 0.717) is 32.1 Å². The van der Waals surface area contributed by atoms with Crippen molar-refractivity contribution in [2.24, 2.45) is 0 Å². The average molecular weight is 1540 g/mol. The number of allylic oxidation sites excluding steroid dienone is 10. The molecule has 0 bridgehead atoms. The van der Waals surface area contributed by atoms with Crippen molar-refractivity contribution >= 4 is 39.5 Å². The van der Waals surface area contributed by atoms with E-state index >= 15 is 0 Å². The fraction of sp³-hybridized carbons (Fsp3) is 0.839. The number of carbonyl (C=O) groups is 4. The number of phosphoric ester groups is 2. The van der Waals surface area contributed by atoms with Gasteiger partial charge in [0.05, 0.1) is 26.4 Å². The summed E-state index contributed by atoms with van der Waals surface area (Å²) in [7, 11) is -9.97. The van der Waals surface area contributed by atoms with Gasteiger partial charge in [-0.25, -0.2) is 9.13 Å². The van der Waals surface area contributed by atoms with E-state index in [-0.39, 0.29) is 25.7 Å². The largest absolute Gasteiger partial charge is 0.472 e. The molecule has 0 aromatic rings. The molecule has 106 heavy (non-hydrogen) atoms. The van der Waals surface area contributed by atoms with Gasteiger partial charge in [-0.2, -0.15) is 0 Å². The van der Waals surface area contributed by atoms with Crippen LogP contribution in [0.15, 0.2) is 60.8 Å². The molecule has 0 rings (SSSR count). The minimum Gasteiger partial charge on any atom is -0.462 e. The molecule has 0 aliphatic heterocycles. The summed E-state index contributed by atoms with van der Waals surface area (Å²) < 4.78 is 68.8. The van der Waals surface area contributed by atoms with Crippen molar-refractivity contribution < 1.29 is 80.2 Å². The maximum absolute atomic E-state index is 13.1. The van der Waals surface area contributed by atoms with E-state index in [0.717, 1.165) is 109 Å². The van der Waals surface area contributed by atoms with Gasteiger partial charge in [0.25, 0.3) is 0 Å². The summed E-state index contributed by atoms with van der Waals surface area (Å²) in [4.78, 5) is 73.2. The molecule has 0 aliphatic rings. The van der Waals surface area contributed by atoms with E-state index in [9.17, 15) is 43.2 Å².